The van der Waals surface area contributed by atoms with Crippen LogP contribution in [0.15, 0.2) is 4.99 Å². The summed E-state index contributed by atoms with van der Waals surface area (Å²) in [7, 11) is 0. The van der Waals surface area contributed by atoms with E-state index in [2.05, 4.69) is 22.5 Å². The predicted octanol–water partition coefficient (Wildman–Crippen LogP) is 1.91. The van der Waals surface area contributed by atoms with E-state index in [1.54, 1.807) is 11.8 Å². The van der Waals surface area contributed by atoms with E-state index in [4.69, 9.17) is 0 Å². The summed E-state index contributed by atoms with van der Waals surface area (Å²) in [5, 5.41) is 7.51. The fourth-order valence-corrected chi connectivity index (χ4v) is 2.96. The predicted molar refractivity (Wildman–Crippen MR) is 77.0 cm³/mol. The third-order valence-corrected chi connectivity index (χ3v) is 4.25. The SMILES string of the molecule is CCC1CCSC(=NCCCC(=O)NC2CC2)N1. The van der Waals surface area contributed by atoms with Crippen LogP contribution in [-0.4, -0.2) is 35.5 Å². The lowest BCUT2D eigenvalue weighted by Crippen LogP contribution is -2.37. The molecule has 0 aromatic heterocycles. The zero-order valence-corrected chi connectivity index (χ0v) is 11.9. The molecule has 1 unspecified atom stereocenters. The lowest BCUT2D eigenvalue weighted by atomic mass is 10.2. The minimum Gasteiger partial charge on any atom is -0.362 e. The van der Waals surface area contributed by atoms with Crippen LogP contribution < -0.4 is 10.6 Å². The van der Waals surface area contributed by atoms with Crippen molar-refractivity contribution in [1.29, 1.82) is 0 Å². The standard InChI is InChI=1S/C13H23N3OS/c1-2-10-7-9-18-13(16-10)14-8-3-4-12(17)15-11-5-6-11/h10-11H,2-9H2,1H3,(H,14,16)(H,15,17). The third-order valence-electron chi connectivity index (χ3n) is 3.29. The molecule has 0 aromatic carbocycles. The van der Waals surface area contributed by atoms with Gasteiger partial charge in [0.15, 0.2) is 5.17 Å². The second kappa shape index (κ2) is 7.02. The highest BCUT2D eigenvalue weighted by molar-refractivity contribution is 8.13. The van der Waals surface area contributed by atoms with Gasteiger partial charge in [-0.15, -0.1) is 0 Å². The van der Waals surface area contributed by atoms with Crippen LogP contribution in [0, 0.1) is 0 Å². The normalized spacial score (nSPS) is 25.8. The first-order valence-corrected chi connectivity index (χ1v) is 7.99. The van der Waals surface area contributed by atoms with Gasteiger partial charge < -0.3 is 10.6 Å². The molecule has 18 heavy (non-hydrogen) atoms. The van der Waals surface area contributed by atoms with E-state index in [0.717, 1.165) is 43.1 Å². The van der Waals surface area contributed by atoms with Gasteiger partial charge in [0.2, 0.25) is 5.91 Å². The van der Waals surface area contributed by atoms with E-state index in [1.165, 1.54) is 6.42 Å². The summed E-state index contributed by atoms with van der Waals surface area (Å²) >= 11 is 1.80. The average molecular weight is 269 g/mol. The molecule has 2 fully saturated rings. The van der Waals surface area contributed by atoms with Crippen molar-refractivity contribution in [3.8, 4) is 0 Å². The van der Waals surface area contributed by atoms with Crippen LogP contribution in [0.5, 0.6) is 0 Å². The van der Waals surface area contributed by atoms with Crippen molar-refractivity contribution < 1.29 is 4.79 Å². The van der Waals surface area contributed by atoms with Crippen LogP contribution in [0.1, 0.15) is 45.4 Å². The number of rotatable bonds is 6. The van der Waals surface area contributed by atoms with E-state index in [1.807, 2.05) is 0 Å². The van der Waals surface area contributed by atoms with Crippen molar-refractivity contribution in [1.82, 2.24) is 10.6 Å². The van der Waals surface area contributed by atoms with Gasteiger partial charge >= 0.3 is 0 Å². The summed E-state index contributed by atoms with van der Waals surface area (Å²) in [6.07, 6.45) is 6.16. The van der Waals surface area contributed by atoms with Gasteiger partial charge in [0.05, 0.1) is 0 Å². The molecule has 2 aliphatic rings. The topological polar surface area (TPSA) is 53.5 Å². The maximum absolute atomic E-state index is 11.5. The maximum Gasteiger partial charge on any atom is 0.220 e. The highest BCUT2D eigenvalue weighted by Gasteiger charge is 2.22. The van der Waals surface area contributed by atoms with Gasteiger partial charge in [-0.1, -0.05) is 18.7 Å². The molecule has 0 radical (unpaired) electrons. The van der Waals surface area contributed by atoms with Crippen LogP contribution in [0.25, 0.3) is 0 Å². The molecule has 2 N–H and O–H groups in total. The summed E-state index contributed by atoms with van der Waals surface area (Å²) in [6, 6.07) is 1.06. The van der Waals surface area contributed by atoms with Crippen molar-refractivity contribution in [2.24, 2.45) is 4.99 Å². The Labute approximate surface area is 113 Å². The Balaban J connectivity index is 1.59. The Morgan fingerprint density at radius 2 is 2.33 bits per heavy atom. The molecule has 102 valence electrons. The first-order valence-electron chi connectivity index (χ1n) is 7.01. The zero-order chi connectivity index (χ0) is 12.8. The molecule has 1 aliphatic heterocycles. The van der Waals surface area contributed by atoms with Crippen LogP contribution in [0.4, 0.5) is 0 Å². The molecule has 1 atom stereocenters. The summed E-state index contributed by atoms with van der Waals surface area (Å²) in [5.74, 6) is 1.35. The number of carbonyl (C=O) groups is 1. The number of thioether (sulfide) groups is 1. The van der Waals surface area contributed by atoms with Crippen molar-refractivity contribution in [2.45, 2.75) is 57.5 Å². The summed E-state index contributed by atoms with van der Waals surface area (Å²) in [4.78, 5) is 16.0. The maximum atomic E-state index is 11.5. The average Bonchev–Trinajstić information content (AvgIpc) is 3.19. The Hall–Kier alpha value is -0.710. The van der Waals surface area contributed by atoms with E-state index in [-0.39, 0.29) is 5.91 Å². The van der Waals surface area contributed by atoms with Gasteiger partial charge in [-0.05, 0) is 32.1 Å². The van der Waals surface area contributed by atoms with Gasteiger partial charge in [-0.25, -0.2) is 0 Å². The molecule has 0 spiro atoms. The molecular weight excluding hydrogens is 246 g/mol. The number of hydrogen-bond acceptors (Lipinski definition) is 3. The van der Waals surface area contributed by atoms with Crippen molar-refractivity contribution in [2.75, 3.05) is 12.3 Å². The molecule has 1 saturated heterocycles. The first kappa shape index (κ1) is 13.7. The van der Waals surface area contributed by atoms with E-state index >= 15 is 0 Å². The fraction of sp³-hybridized carbons (Fsp3) is 0.846. The number of amidine groups is 1. The van der Waals surface area contributed by atoms with Crippen molar-refractivity contribution in [3.63, 3.8) is 0 Å². The van der Waals surface area contributed by atoms with Crippen molar-refractivity contribution >= 4 is 22.8 Å². The Bertz CT molecular complexity index is 315. The fourth-order valence-electron chi connectivity index (χ4n) is 1.93. The van der Waals surface area contributed by atoms with E-state index in [0.29, 0.717) is 18.5 Å². The highest BCUT2D eigenvalue weighted by atomic mass is 32.2. The van der Waals surface area contributed by atoms with E-state index < -0.39 is 0 Å². The minimum absolute atomic E-state index is 0.188. The summed E-state index contributed by atoms with van der Waals surface area (Å²) in [5.41, 5.74) is 0. The molecule has 0 aromatic rings. The molecule has 4 nitrogen and oxygen atoms in total. The molecule has 1 aliphatic carbocycles. The molecule has 5 heteroatoms. The van der Waals surface area contributed by atoms with Gasteiger partial charge in [-0.2, -0.15) is 0 Å². The first-order chi connectivity index (χ1) is 8.78. The number of amides is 1. The molecule has 2 rings (SSSR count). The van der Waals surface area contributed by atoms with Gasteiger partial charge in [0.25, 0.3) is 0 Å². The van der Waals surface area contributed by atoms with E-state index in [9.17, 15) is 4.79 Å². The molecule has 1 saturated carbocycles. The highest BCUT2D eigenvalue weighted by Crippen LogP contribution is 2.19. The number of nitrogens with zero attached hydrogens (tertiary/aromatic N) is 1. The van der Waals surface area contributed by atoms with Crippen molar-refractivity contribution in [3.05, 3.63) is 0 Å². The molecule has 1 heterocycles. The molecule has 0 bridgehead atoms. The van der Waals surface area contributed by atoms with Gasteiger partial charge in [0.1, 0.15) is 0 Å². The lowest BCUT2D eigenvalue weighted by Gasteiger charge is -2.24. The Morgan fingerprint density at radius 1 is 1.50 bits per heavy atom. The summed E-state index contributed by atoms with van der Waals surface area (Å²) in [6.45, 7) is 2.96. The lowest BCUT2D eigenvalue weighted by molar-refractivity contribution is -0.121. The molecule has 1 amide bonds. The second-order valence-electron chi connectivity index (χ2n) is 5.02. The summed E-state index contributed by atoms with van der Waals surface area (Å²) < 4.78 is 0. The smallest absolute Gasteiger partial charge is 0.220 e. The zero-order valence-electron chi connectivity index (χ0n) is 11.1. The number of hydrogen-bond donors (Lipinski definition) is 2. The Morgan fingerprint density at radius 3 is 3.06 bits per heavy atom. The molecular formula is C13H23N3OS. The number of carbonyl (C=O) groups excluding carboxylic acids is 1. The van der Waals surface area contributed by atoms with Crippen LogP contribution >= 0.6 is 11.8 Å². The van der Waals surface area contributed by atoms with Crippen LogP contribution in [-0.2, 0) is 4.79 Å². The van der Waals surface area contributed by atoms with Crippen LogP contribution in [0.3, 0.4) is 0 Å². The number of nitrogens with one attached hydrogen (secondary N) is 2. The number of aliphatic imine (C=N–C) groups is 1. The largest absolute Gasteiger partial charge is 0.362 e. The van der Waals surface area contributed by atoms with Gasteiger partial charge in [0, 0.05) is 30.8 Å². The third kappa shape index (κ3) is 4.88. The minimum atomic E-state index is 0.188. The van der Waals surface area contributed by atoms with Crippen LogP contribution in [0.2, 0.25) is 0 Å². The Kier molecular flexibility index (Phi) is 5.35. The quantitative estimate of drug-likeness (QED) is 0.724. The second-order valence-corrected chi connectivity index (χ2v) is 6.10. The monoisotopic (exact) mass is 269 g/mol. The van der Waals surface area contributed by atoms with Gasteiger partial charge in [-0.3, -0.25) is 9.79 Å².